The minimum atomic E-state index is 0.809. The van der Waals surface area contributed by atoms with Crippen molar-refractivity contribution in [3.05, 3.63) is 192 Å². The Bertz CT molecular complexity index is 1930. The average Bonchev–Trinajstić information content (AvgIpc) is 3.22. The van der Waals surface area contributed by atoms with Crippen molar-refractivity contribution in [3.63, 3.8) is 0 Å². The predicted octanol–water partition coefficient (Wildman–Crippen LogP) is 11.5. The molecule has 0 spiro atoms. The molecule has 54 heavy (non-hydrogen) atoms. The maximum atomic E-state index is 4.19. The zero-order valence-electron chi connectivity index (χ0n) is 31.7. The van der Waals surface area contributed by atoms with Crippen LogP contribution < -0.4 is 14.4 Å². The normalized spacial score (nSPS) is 11.9. The van der Waals surface area contributed by atoms with Crippen molar-refractivity contribution in [2.75, 3.05) is 40.9 Å². The van der Waals surface area contributed by atoms with Gasteiger partial charge in [-0.3, -0.25) is 4.99 Å². The second kappa shape index (κ2) is 23.6. The first-order valence-corrected chi connectivity index (χ1v) is 21.4. The molecule has 0 radical (unpaired) electrons. The summed E-state index contributed by atoms with van der Waals surface area (Å²) in [6.45, 7) is 9.70. The quantitative estimate of drug-likeness (QED) is 0.0245. The molecule has 0 aliphatic rings. The van der Waals surface area contributed by atoms with Gasteiger partial charge in [0.05, 0.1) is 0 Å². The van der Waals surface area contributed by atoms with E-state index in [1.807, 2.05) is 59.0 Å². The van der Waals surface area contributed by atoms with Crippen molar-refractivity contribution >= 4 is 57.4 Å². The number of aliphatic imine (C=N–C) groups is 1. The molecule has 0 aliphatic heterocycles. The number of allylic oxidation sites excluding steroid dienone is 5. The van der Waals surface area contributed by atoms with Crippen molar-refractivity contribution in [1.29, 1.82) is 0 Å². The van der Waals surface area contributed by atoms with Crippen LogP contribution in [0.5, 0.6) is 0 Å². The molecule has 0 saturated heterocycles. The van der Waals surface area contributed by atoms with E-state index in [1.165, 1.54) is 39.3 Å². The van der Waals surface area contributed by atoms with E-state index in [-0.39, 0.29) is 0 Å². The first-order valence-electron chi connectivity index (χ1n) is 18.9. The maximum Gasteiger partial charge on any atom is 0.205 e. The van der Waals surface area contributed by atoms with Crippen LogP contribution in [-0.4, -0.2) is 37.4 Å². The van der Waals surface area contributed by atoms with Crippen molar-refractivity contribution in [3.8, 4) is 0 Å². The van der Waals surface area contributed by atoms with Gasteiger partial charge >= 0.3 is 0 Å². The third kappa shape index (κ3) is 14.1. The fourth-order valence-corrected chi connectivity index (χ4v) is 7.88. The van der Waals surface area contributed by atoms with E-state index in [4.69, 9.17) is 0 Å². The van der Waals surface area contributed by atoms with Gasteiger partial charge in [0.15, 0.2) is 6.20 Å². The first kappa shape index (κ1) is 40.2. The minimum absolute atomic E-state index is 0.809. The van der Waals surface area contributed by atoms with Crippen molar-refractivity contribution in [1.82, 2.24) is 0 Å². The number of pyridine rings is 1. The van der Waals surface area contributed by atoms with Crippen molar-refractivity contribution in [2.45, 2.75) is 33.5 Å². The molecule has 0 aliphatic carbocycles. The van der Waals surface area contributed by atoms with E-state index >= 15 is 0 Å². The van der Waals surface area contributed by atoms with Gasteiger partial charge in [-0.25, -0.2) is 0 Å². The Morgan fingerprint density at radius 3 is 1.61 bits per heavy atom. The third-order valence-electron chi connectivity index (χ3n) is 8.79. The number of hydrogen-bond donors (Lipinski definition) is 0. The Kier molecular flexibility index (Phi) is 17.5. The smallest absolute Gasteiger partial charge is 0.205 e. The molecular formula is C48H53N4S2+. The molecule has 0 saturated carbocycles. The van der Waals surface area contributed by atoms with E-state index in [0.717, 1.165) is 50.8 Å². The molecule has 0 atom stereocenters. The Morgan fingerprint density at radius 2 is 1.06 bits per heavy atom. The molecule has 276 valence electrons. The van der Waals surface area contributed by atoms with E-state index in [1.54, 1.807) is 0 Å². The van der Waals surface area contributed by atoms with E-state index in [0.29, 0.717) is 0 Å². The topological polar surface area (TPSA) is 22.7 Å². The fraction of sp³-hybridized carbons (Fsp3) is 0.208. The summed E-state index contributed by atoms with van der Waals surface area (Å²) in [5.41, 5.74) is 8.75. The van der Waals surface area contributed by atoms with Gasteiger partial charge in [-0.2, -0.15) is 4.57 Å². The van der Waals surface area contributed by atoms with Crippen molar-refractivity contribution < 1.29 is 4.57 Å². The Labute approximate surface area is 331 Å². The molecular weight excluding hydrogens is 697 g/mol. The second-order valence-electron chi connectivity index (χ2n) is 12.7. The molecule has 5 rings (SSSR count). The number of anilines is 2. The van der Waals surface area contributed by atoms with Gasteiger partial charge in [0, 0.05) is 80.0 Å². The Morgan fingerprint density at radius 1 is 0.537 bits per heavy atom. The standard InChI is InChI=1S/C48H53N4S2/c1-3-49-34-16-7-5-6-10-18-42-24-30-47(31-25-42)51(40-44-19-11-8-12-20-44)36-38-53-54-39-37-52(41-45-21-13-9-14-22-45)48-32-27-43(28-33-48)26-29-46-23-15-17-35-50(46)4-2/h5-35H,3-4,36-41H2,1-2H3/q+1/b6-5+,16-7-,18-10+,49-34+. The highest BCUT2D eigenvalue weighted by atomic mass is 33.1. The molecule has 5 aromatic rings. The number of aromatic nitrogens is 1. The van der Waals surface area contributed by atoms with Crippen LogP contribution >= 0.6 is 21.6 Å². The number of nitrogens with zero attached hydrogens (tertiary/aromatic N) is 4. The van der Waals surface area contributed by atoms with Gasteiger partial charge in [0.25, 0.3) is 0 Å². The first-order chi connectivity index (χ1) is 26.7. The molecule has 6 heteroatoms. The highest BCUT2D eigenvalue weighted by molar-refractivity contribution is 8.76. The van der Waals surface area contributed by atoms with Crippen LogP contribution in [0.4, 0.5) is 11.4 Å². The van der Waals surface area contributed by atoms with Crippen LogP contribution in [0.3, 0.4) is 0 Å². The van der Waals surface area contributed by atoms with E-state index in [9.17, 15) is 0 Å². The summed E-state index contributed by atoms with van der Waals surface area (Å²) >= 11 is 0. The molecule has 0 fully saturated rings. The monoisotopic (exact) mass is 749 g/mol. The lowest BCUT2D eigenvalue weighted by Gasteiger charge is -2.26. The SMILES string of the molecule is CC/N=C/C=C\C=C\C=C\c1ccc(N(CCSSCCN(Cc2ccccc2)c2ccc(/C=C/c3cccc[n+]3CC)cc2)Cc2ccccc2)cc1. The van der Waals surface area contributed by atoms with Crippen LogP contribution in [0.25, 0.3) is 18.2 Å². The van der Waals surface area contributed by atoms with Gasteiger partial charge in [0.1, 0.15) is 6.54 Å². The van der Waals surface area contributed by atoms with Gasteiger partial charge in [-0.05, 0) is 78.6 Å². The Balaban J connectivity index is 1.15. The van der Waals surface area contributed by atoms with Crippen molar-refractivity contribution in [2.24, 2.45) is 4.99 Å². The highest BCUT2D eigenvalue weighted by Crippen LogP contribution is 2.26. The third-order valence-corrected chi connectivity index (χ3v) is 11.2. The fourth-order valence-electron chi connectivity index (χ4n) is 5.90. The van der Waals surface area contributed by atoms with Crippen LogP contribution in [0, 0.1) is 0 Å². The van der Waals surface area contributed by atoms with E-state index in [2.05, 4.69) is 184 Å². The predicted molar refractivity (Wildman–Crippen MR) is 240 cm³/mol. The molecule has 4 nitrogen and oxygen atoms in total. The zero-order valence-corrected chi connectivity index (χ0v) is 33.3. The van der Waals surface area contributed by atoms with Gasteiger partial charge in [-0.15, -0.1) is 0 Å². The zero-order chi connectivity index (χ0) is 37.5. The summed E-state index contributed by atoms with van der Waals surface area (Å²) in [4.78, 5) is 9.19. The van der Waals surface area contributed by atoms with Gasteiger partial charge in [-0.1, -0.05) is 137 Å². The van der Waals surface area contributed by atoms with Gasteiger partial charge in [0.2, 0.25) is 5.69 Å². The Hall–Kier alpha value is -5.04. The summed E-state index contributed by atoms with van der Waals surface area (Å²) in [6.07, 6.45) is 20.6. The molecule has 1 heterocycles. The lowest BCUT2D eigenvalue weighted by atomic mass is 10.1. The summed E-state index contributed by atoms with van der Waals surface area (Å²) in [7, 11) is 3.94. The molecule has 0 unspecified atom stereocenters. The second-order valence-corrected chi connectivity index (χ2v) is 15.4. The highest BCUT2D eigenvalue weighted by Gasteiger charge is 2.11. The largest absolute Gasteiger partial charge is 0.366 e. The average molecular weight is 750 g/mol. The van der Waals surface area contributed by atoms with Crippen LogP contribution in [0.15, 0.2) is 169 Å². The summed E-state index contributed by atoms with van der Waals surface area (Å²) in [5.74, 6) is 2.08. The molecule has 0 N–H and O–H groups in total. The van der Waals surface area contributed by atoms with Gasteiger partial charge < -0.3 is 9.80 Å². The number of benzene rings is 4. The summed E-state index contributed by atoms with van der Waals surface area (Å²) in [6, 6.07) is 45.8. The lowest BCUT2D eigenvalue weighted by molar-refractivity contribution is -0.695. The summed E-state index contributed by atoms with van der Waals surface area (Å²) < 4.78 is 2.25. The molecule has 0 amide bonds. The number of aryl methyl sites for hydroxylation is 1. The minimum Gasteiger partial charge on any atom is -0.366 e. The summed E-state index contributed by atoms with van der Waals surface area (Å²) in [5, 5.41) is 0. The maximum absolute atomic E-state index is 4.19. The molecule has 4 aromatic carbocycles. The number of hydrogen-bond acceptors (Lipinski definition) is 5. The lowest BCUT2D eigenvalue weighted by Crippen LogP contribution is -2.34. The van der Waals surface area contributed by atoms with Crippen LogP contribution in [0.2, 0.25) is 0 Å². The van der Waals surface area contributed by atoms with Crippen LogP contribution in [-0.2, 0) is 19.6 Å². The van der Waals surface area contributed by atoms with Crippen LogP contribution in [0.1, 0.15) is 41.8 Å². The van der Waals surface area contributed by atoms with E-state index < -0.39 is 0 Å². The molecule has 1 aromatic heterocycles. The number of rotatable bonds is 21. The molecule has 0 bridgehead atoms.